The van der Waals surface area contributed by atoms with Crippen molar-refractivity contribution < 1.29 is 19.8 Å². The van der Waals surface area contributed by atoms with Crippen LogP contribution in [0, 0.1) is 0 Å². The molecule has 1 rings (SSSR count). The van der Waals surface area contributed by atoms with Crippen molar-refractivity contribution in [2.24, 2.45) is 4.99 Å². The van der Waals surface area contributed by atoms with Crippen LogP contribution in [0.1, 0.15) is 6.92 Å². The van der Waals surface area contributed by atoms with E-state index < -0.39 is 0 Å². The maximum absolute atomic E-state index is 4.46. The maximum atomic E-state index is 4.46. The van der Waals surface area contributed by atoms with Crippen LogP contribution in [-0.4, -0.2) is 9.97 Å². The van der Waals surface area contributed by atoms with Crippen molar-refractivity contribution in [3.63, 3.8) is 0 Å². The van der Waals surface area contributed by atoms with Gasteiger partial charge in [-0.05, 0) is 0 Å². The first-order valence-electron chi connectivity index (χ1n) is 3.59. The van der Waals surface area contributed by atoms with Crippen molar-refractivity contribution in [1.82, 2.24) is 0 Å². The quantitative estimate of drug-likeness (QED) is 0.326. The Labute approximate surface area is 86.4 Å². The average Bonchev–Trinajstić information content (AvgIpc) is 2.06. The number of aliphatic imine (C=N–C) groups is 1. The second-order valence-electron chi connectivity index (χ2n) is 2.20. The van der Waals surface area contributed by atoms with E-state index in [1.165, 1.54) is 5.04 Å². The van der Waals surface area contributed by atoms with E-state index in [0.717, 1.165) is 5.69 Å². The van der Waals surface area contributed by atoms with Crippen LogP contribution in [0.3, 0.4) is 0 Å². The Hall–Kier alpha value is -0.0300. The van der Waals surface area contributed by atoms with Crippen LogP contribution >= 0.6 is 8.93 Å². The predicted molar refractivity (Wildman–Crippen MR) is 52.7 cm³/mol. The van der Waals surface area contributed by atoms with Gasteiger partial charge in [-0.25, -0.2) is 0 Å². The van der Waals surface area contributed by atoms with Crippen molar-refractivity contribution >= 4 is 19.7 Å². The van der Waals surface area contributed by atoms with Gasteiger partial charge in [-0.3, -0.25) is 0 Å². The third-order valence-corrected chi connectivity index (χ3v) is 4.93. The number of alkyl halides is 1. The van der Waals surface area contributed by atoms with Gasteiger partial charge in [0, 0.05) is 0 Å². The molecule has 0 aliphatic carbocycles. The Kier molecular flexibility index (Phi) is 4.68. The van der Waals surface area contributed by atoms with Crippen molar-refractivity contribution in [3.8, 4) is 0 Å². The Morgan fingerprint density at radius 1 is 1.33 bits per heavy atom. The molecule has 0 unspecified atom stereocenters. The topological polar surface area (TPSA) is 12.4 Å². The predicted octanol–water partition coefficient (Wildman–Crippen LogP) is 0.103. The Morgan fingerprint density at radius 2 is 2.00 bits per heavy atom. The summed E-state index contributed by atoms with van der Waals surface area (Å²) in [6, 6.07) is 10.1. The molecule has 3 heteroatoms. The molecule has 0 N–H and O–H groups in total. The van der Waals surface area contributed by atoms with Gasteiger partial charge in [0.15, 0.2) is 0 Å². The van der Waals surface area contributed by atoms with Crippen LogP contribution in [0.25, 0.3) is 0 Å². The second-order valence-corrected chi connectivity index (χ2v) is 7.22. The van der Waals surface area contributed by atoms with Gasteiger partial charge >= 0.3 is 86.7 Å². The number of nitrogens with zero attached hydrogens (tertiary/aromatic N) is 1. The molecule has 0 aliphatic rings. The zero-order valence-corrected chi connectivity index (χ0v) is 10.1. The summed E-state index contributed by atoms with van der Waals surface area (Å²) in [4.78, 5) is 6.70. The average molecular weight is 292 g/mol. The van der Waals surface area contributed by atoms with Crippen molar-refractivity contribution in [1.29, 1.82) is 0 Å². The van der Waals surface area contributed by atoms with Crippen molar-refractivity contribution in [2.45, 2.75) is 6.92 Å². The standard InChI is InChI=1S/C9H11INS/c1-8(12-10-2)11-9-6-4-3-5-7-9/h3-7H,1-2H3/q-1. The third-order valence-electron chi connectivity index (χ3n) is 1.23. The minimum atomic E-state index is 0.255. The molecule has 0 spiro atoms. The second kappa shape index (κ2) is 5.59. The molecule has 12 heavy (non-hydrogen) atoms. The molecule has 0 radical (unpaired) electrons. The molecule has 0 amide bonds. The normalized spacial score (nSPS) is 12.0. The summed E-state index contributed by atoms with van der Waals surface area (Å²) in [7, 11) is 1.89. The number of para-hydroxylation sites is 1. The number of halogens is 1. The van der Waals surface area contributed by atoms with E-state index in [-0.39, 0.29) is 19.8 Å². The van der Waals surface area contributed by atoms with E-state index in [0.29, 0.717) is 0 Å². The van der Waals surface area contributed by atoms with Gasteiger partial charge < -0.3 is 0 Å². The van der Waals surface area contributed by atoms with E-state index in [9.17, 15) is 0 Å². The summed E-state index contributed by atoms with van der Waals surface area (Å²) in [5, 5.41) is 1.18. The van der Waals surface area contributed by atoms with Gasteiger partial charge in [0.05, 0.1) is 0 Å². The minimum absolute atomic E-state index is 0.255. The Bertz CT molecular complexity index is 258. The van der Waals surface area contributed by atoms with Gasteiger partial charge in [-0.15, -0.1) is 0 Å². The fraction of sp³-hybridized carbons (Fsp3) is 0.222. The Morgan fingerprint density at radius 3 is 2.58 bits per heavy atom. The monoisotopic (exact) mass is 292 g/mol. The molecule has 1 nitrogen and oxygen atoms in total. The molecule has 0 aliphatic heterocycles. The van der Waals surface area contributed by atoms with Crippen LogP contribution < -0.4 is 19.8 Å². The van der Waals surface area contributed by atoms with E-state index in [1.54, 1.807) is 0 Å². The molecule has 0 atom stereocenters. The number of hydrogen-bond donors (Lipinski definition) is 0. The van der Waals surface area contributed by atoms with Crippen LogP contribution in [0.4, 0.5) is 5.69 Å². The van der Waals surface area contributed by atoms with Crippen molar-refractivity contribution in [3.05, 3.63) is 30.3 Å². The Balaban J connectivity index is 2.67. The van der Waals surface area contributed by atoms with E-state index in [4.69, 9.17) is 0 Å². The van der Waals surface area contributed by atoms with Gasteiger partial charge in [-0.1, -0.05) is 0 Å². The molecule has 1 aromatic rings. The molecule has 1 aromatic carbocycles. The van der Waals surface area contributed by atoms with E-state index in [1.807, 2.05) is 39.3 Å². The molecule has 0 aromatic heterocycles. The summed E-state index contributed by atoms with van der Waals surface area (Å²) in [6.45, 7) is 2.07. The molecule has 0 saturated heterocycles. The first-order chi connectivity index (χ1) is 5.83. The molecule has 0 bridgehead atoms. The fourth-order valence-corrected chi connectivity index (χ4v) is 3.38. The number of rotatable bonds is 2. The fourth-order valence-electron chi connectivity index (χ4n) is 0.813. The first-order valence-corrected chi connectivity index (χ1v) is 9.11. The zero-order valence-electron chi connectivity index (χ0n) is 7.12. The SMILES string of the molecule is C[I-]SC(C)=Nc1ccccc1. The van der Waals surface area contributed by atoms with Crippen LogP contribution in [0.2, 0.25) is 0 Å². The van der Waals surface area contributed by atoms with Gasteiger partial charge in [-0.2, -0.15) is 0 Å². The molecular formula is C9H11INS-. The summed E-state index contributed by atoms with van der Waals surface area (Å²) in [5.74, 6) is 0. The van der Waals surface area contributed by atoms with Crippen molar-refractivity contribution in [2.75, 3.05) is 4.93 Å². The number of benzene rings is 1. The third kappa shape index (κ3) is 3.58. The van der Waals surface area contributed by atoms with E-state index >= 15 is 0 Å². The zero-order chi connectivity index (χ0) is 8.81. The first kappa shape index (κ1) is 10.1. The molecule has 0 saturated carbocycles. The molecule has 66 valence electrons. The van der Waals surface area contributed by atoms with E-state index in [2.05, 4.69) is 16.8 Å². The van der Waals surface area contributed by atoms with Gasteiger partial charge in [0.25, 0.3) is 0 Å². The number of hydrogen-bond acceptors (Lipinski definition) is 2. The molecule has 0 heterocycles. The molecule has 0 fully saturated rings. The van der Waals surface area contributed by atoms with Gasteiger partial charge in [0.2, 0.25) is 0 Å². The summed E-state index contributed by atoms with van der Waals surface area (Å²) < 4.78 is 0. The van der Waals surface area contributed by atoms with Crippen LogP contribution in [-0.2, 0) is 0 Å². The summed E-state index contributed by atoms with van der Waals surface area (Å²) in [6.07, 6.45) is 0. The summed E-state index contributed by atoms with van der Waals surface area (Å²) >= 11 is 0.255. The molecular weight excluding hydrogens is 281 g/mol. The van der Waals surface area contributed by atoms with Gasteiger partial charge in [0.1, 0.15) is 0 Å². The van der Waals surface area contributed by atoms with Crippen LogP contribution in [0.15, 0.2) is 35.3 Å². The summed E-state index contributed by atoms with van der Waals surface area (Å²) in [5.41, 5.74) is 1.06. The van der Waals surface area contributed by atoms with Crippen LogP contribution in [0.5, 0.6) is 0 Å².